The van der Waals surface area contributed by atoms with Crippen LogP contribution in [0.4, 0.5) is 0 Å². The molecule has 0 fully saturated rings. The molecule has 0 radical (unpaired) electrons. The molecule has 0 atom stereocenters. The van der Waals surface area contributed by atoms with Gasteiger partial charge in [0.2, 0.25) is 0 Å². The Hall–Kier alpha value is -1.78. The summed E-state index contributed by atoms with van der Waals surface area (Å²) in [4.78, 5) is 1.38. The maximum absolute atomic E-state index is 11.6. The molecule has 2 aromatic rings. The highest BCUT2D eigenvalue weighted by atomic mass is 32.2. The van der Waals surface area contributed by atoms with Crippen LogP contribution in [0, 0.1) is 0 Å². The van der Waals surface area contributed by atoms with Gasteiger partial charge in [-0.3, -0.25) is 10.4 Å². The van der Waals surface area contributed by atoms with Crippen molar-refractivity contribution in [2.24, 2.45) is 5.84 Å². The molecule has 0 spiro atoms. The Morgan fingerprint density at radius 1 is 0.857 bits per heavy atom. The van der Waals surface area contributed by atoms with E-state index in [2.05, 4.69) is 0 Å². The summed E-state index contributed by atoms with van der Waals surface area (Å²) in [5.74, 6) is 4.96. The largest absolute Gasteiger partial charge is 0.294 e. The van der Waals surface area contributed by atoms with Crippen LogP contribution in [0.15, 0.2) is 58.3 Å². The zero-order valence-electron chi connectivity index (χ0n) is 10.6. The monoisotopic (exact) mass is 328 g/mol. The van der Waals surface area contributed by atoms with Crippen molar-refractivity contribution in [3.8, 4) is 11.1 Å². The summed E-state index contributed by atoms with van der Waals surface area (Å²) in [6.45, 7) is 0. The van der Waals surface area contributed by atoms with E-state index in [-0.39, 0.29) is 9.79 Å². The molecule has 0 aliphatic rings. The molecule has 0 aromatic heterocycles. The minimum Gasteiger partial charge on any atom is -0.282 e. The molecule has 2 aromatic carbocycles. The van der Waals surface area contributed by atoms with Gasteiger partial charge in [0.1, 0.15) is 0 Å². The van der Waals surface area contributed by atoms with Gasteiger partial charge in [-0.25, -0.2) is 8.42 Å². The van der Waals surface area contributed by atoms with Gasteiger partial charge in [0.25, 0.3) is 20.1 Å². The summed E-state index contributed by atoms with van der Waals surface area (Å²) in [7, 11) is -8.13. The number of hydrogen-bond donors (Lipinski definition) is 3. The van der Waals surface area contributed by atoms with Gasteiger partial charge in [-0.2, -0.15) is 13.2 Å². The number of hydrazine groups is 1. The Labute approximate surface area is 122 Å². The lowest BCUT2D eigenvalue weighted by Gasteiger charge is -2.07. The van der Waals surface area contributed by atoms with E-state index < -0.39 is 20.1 Å². The van der Waals surface area contributed by atoms with Crippen molar-refractivity contribution in [1.82, 2.24) is 4.83 Å². The van der Waals surface area contributed by atoms with Gasteiger partial charge in [0.05, 0.1) is 9.79 Å². The molecule has 9 heteroatoms. The molecule has 2 rings (SSSR count). The lowest BCUT2D eigenvalue weighted by atomic mass is 10.1. The molecule has 0 aliphatic carbocycles. The predicted molar refractivity (Wildman–Crippen MR) is 76.2 cm³/mol. The smallest absolute Gasteiger partial charge is 0.282 e. The fraction of sp³-hybridized carbons (Fsp3) is 0. The van der Waals surface area contributed by atoms with Crippen LogP contribution in [0.1, 0.15) is 0 Å². The van der Waals surface area contributed by atoms with E-state index in [0.717, 1.165) is 0 Å². The van der Waals surface area contributed by atoms with Crippen molar-refractivity contribution >= 4 is 20.1 Å². The van der Waals surface area contributed by atoms with Crippen LogP contribution in [-0.4, -0.2) is 21.4 Å². The number of sulfonamides is 1. The molecule has 0 heterocycles. The highest BCUT2D eigenvalue weighted by Gasteiger charge is 2.14. The molecule has 7 nitrogen and oxygen atoms in total. The zero-order chi connectivity index (χ0) is 15.7. The van der Waals surface area contributed by atoms with E-state index in [1.54, 1.807) is 17.0 Å². The van der Waals surface area contributed by atoms with E-state index in [9.17, 15) is 16.8 Å². The minimum atomic E-state index is -4.33. The van der Waals surface area contributed by atoms with Crippen LogP contribution in [0.2, 0.25) is 0 Å². The number of nitrogens with two attached hydrogens (primary N) is 1. The summed E-state index contributed by atoms with van der Waals surface area (Å²) < 4.78 is 54.6. The normalized spacial score (nSPS) is 12.3. The highest BCUT2D eigenvalue weighted by molar-refractivity contribution is 7.89. The van der Waals surface area contributed by atoms with Gasteiger partial charge < -0.3 is 0 Å². The summed E-state index contributed by atoms with van der Waals surface area (Å²) >= 11 is 0. The Balaban J connectivity index is 2.56. The quantitative estimate of drug-likeness (QED) is 0.432. The molecule has 0 saturated carbocycles. The Kier molecular flexibility index (Phi) is 4.12. The van der Waals surface area contributed by atoms with E-state index in [4.69, 9.17) is 10.4 Å². The fourth-order valence-corrected chi connectivity index (χ4v) is 2.95. The van der Waals surface area contributed by atoms with E-state index in [1.807, 2.05) is 0 Å². The third-order valence-electron chi connectivity index (χ3n) is 2.76. The van der Waals surface area contributed by atoms with E-state index >= 15 is 0 Å². The van der Waals surface area contributed by atoms with E-state index in [1.165, 1.54) is 36.4 Å². The first-order chi connectivity index (χ1) is 9.74. The molecule has 0 saturated heterocycles. The van der Waals surface area contributed by atoms with Crippen molar-refractivity contribution < 1.29 is 21.4 Å². The molecule has 21 heavy (non-hydrogen) atoms. The highest BCUT2D eigenvalue weighted by Crippen LogP contribution is 2.24. The molecule has 0 amide bonds. The van der Waals surface area contributed by atoms with Crippen molar-refractivity contribution in [2.45, 2.75) is 9.79 Å². The lowest BCUT2D eigenvalue weighted by molar-refractivity contribution is 0.483. The third kappa shape index (κ3) is 3.46. The average molecular weight is 328 g/mol. The number of hydrogen-bond acceptors (Lipinski definition) is 5. The SMILES string of the molecule is NNS(=O)(=O)c1cccc(-c2cccc(S(=O)(=O)O)c2)c1. The average Bonchev–Trinajstić information content (AvgIpc) is 2.47. The first-order valence-corrected chi connectivity index (χ1v) is 8.57. The molecule has 0 bridgehead atoms. The van der Waals surface area contributed by atoms with Gasteiger partial charge >= 0.3 is 0 Å². The van der Waals surface area contributed by atoms with Crippen molar-refractivity contribution in [2.75, 3.05) is 0 Å². The molecule has 0 aliphatic heterocycles. The number of rotatable bonds is 4. The van der Waals surface area contributed by atoms with Crippen molar-refractivity contribution in [3.63, 3.8) is 0 Å². The number of nitrogens with one attached hydrogen (secondary N) is 1. The Morgan fingerprint density at radius 2 is 1.33 bits per heavy atom. The second-order valence-corrected chi connectivity index (χ2v) is 7.29. The first kappa shape index (κ1) is 15.6. The van der Waals surface area contributed by atoms with Crippen molar-refractivity contribution in [3.05, 3.63) is 48.5 Å². The maximum Gasteiger partial charge on any atom is 0.294 e. The third-order valence-corrected chi connectivity index (χ3v) is 4.80. The van der Waals surface area contributed by atoms with Crippen LogP contribution in [0.5, 0.6) is 0 Å². The Bertz CT molecular complexity index is 876. The standard InChI is InChI=1S/C12H12N2O5S2/c13-14-20(15,16)11-5-1-3-9(7-11)10-4-2-6-12(8-10)21(17,18)19/h1-8,14H,13H2,(H,17,18,19). The second kappa shape index (κ2) is 5.54. The summed E-state index contributed by atoms with van der Waals surface area (Å²) in [5, 5.41) is 0. The van der Waals surface area contributed by atoms with Gasteiger partial charge in [0, 0.05) is 0 Å². The van der Waals surface area contributed by atoms with Gasteiger partial charge in [-0.05, 0) is 35.4 Å². The molecule has 112 valence electrons. The lowest BCUT2D eigenvalue weighted by Crippen LogP contribution is -2.30. The maximum atomic E-state index is 11.6. The Morgan fingerprint density at radius 3 is 1.81 bits per heavy atom. The second-order valence-electron chi connectivity index (χ2n) is 4.15. The van der Waals surface area contributed by atoms with Gasteiger partial charge in [0.15, 0.2) is 0 Å². The van der Waals surface area contributed by atoms with Crippen LogP contribution in [0.3, 0.4) is 0 Å². The predicted octanol–water partition coefficient (Wildman–Crippen LogP) is 0.752. The van der Waals surface area contributed by atoms with Crippen LogP contribution < -0.4 is 10.7 Å². The molecular weight excluding hydrogens is 316 g/mol. The summed E-state index contributed by atoms with van der Waals surface area (Å²) in [6, 6.07) is 11.3. The zero-order valence-corrected chi connectivity index (χ0v) is 12.2. The minimum absolute atomic E-state index is 0.0558. The fourth-order valence-electron chi connectivity index (χ4n) is 1.75. The summed E-state index contributed by atoms with van der Waals surface area (Å²) in [6.07, 6.45) is 0. The van der Waals surface area contributed by atoms with Crippen LogP contribution in [0.25, 0.3) is 11.1 Å². The van der Waals surface area contributed by atoms with Gasteiger partial charge in [-0.1, -0.05) is 24.3 Å². The number of benzene rings is 2. The first-order valence-electron chi connectivity index (χ1n) is 5.64. The molecular formula is C12H12N2O5S2. The van der Waals surface area contributed by atoms with Crippen LogP contribution in [-0.2, 0) is 20.1 Å². The van der Waals surface area contributed by atoms with Gasteiger partial charge in [-0.15, -0.1) is 0 Å². The summed E-state index contributed by atoms with van der Waals surface area (Å²) in [5.41, 5.74) is 0.913. The van der Waals surface area contributed by atoms with Crippen molar-refractivity contribution in [1.29, 1.82) is 0 Å². The molecule has 0 unspecified atom stereocenters. The van der Waals surface area contributed by atoms with Crippen LogP contribution >= 0.6 is 0 Å². The topological polar surface area (TPSA) is 127 Å². The molecule has 4 N–H and O–H groups in total. The van der Waals surface area contributed by atoms with E-state index in [0.29, 0.717) is 11.1 Å².